The summed E-state index contributed by atoms with van der Waals surface area (Å²) in [5.41, 5.74) is 3.67. The summed E-state index contributed by atoms with van der Waals surface area (Å²) in [4.78, 5) is 32.0. The van der Waals surface area contributed by atoms with Gasteiger partial charge in [-0.25, -0.2) is 4.99 Å². The Labute approximate surface area is 113 Å². The van der Waals surface area contributed by atoms with Crippen LogP contribution < -0.4 is 16.6 Å². The van der Waals surface area contributed by atoms with Crippen LogP contribution in [0.25, 0.3) is 0 Å². The van der Waals surface area contributed by atoms with E-state index >= 15 is 0 Å². The highest BCUT2D eigenvalue weighted by Gasteiger charge is 2.51. The number of nitrogens with zero attached hydrogens (tertiary/aromatic N) is 2. The van der Waals surface area contributed by atoms with Crippen LogP contribution in [-0.4, -0.2) is 45.0 Å². The van der Waals surface area contributed by atoms with E-state index in [1.54, 1.807) is 0 Å². The number of hydrogen-bond donors (Lipinski definition) is 5. The van der Waals surface area contributed by atoms with Gasteiger partial charge in [0.25, 0.3) is 5.56 Å². The fraction of sp³-hybridized carbons (Fsp3) is 0.455. The molecule has 0 radical (unpaired) electrons. The Morgan fingerprint density at radius 2 is 2.40 bits per heavy atom. The zero-order chi connectivity index (χ0) is 14.8. The first-order valence-corrected chi connectivity index (χ1v) is 5.96. The zero-order valence-electron chi connectivity index (χ0n) is 10.5. The van der Waals surface area contributed by atoms with Crippen molar-refractivity contribution in [2.75, 3.05) is 17.7 Å². The van der Waals surface area contributed by atoms with E-state index in [9.17, 15) is 14.7 Å². The third-order valence-corrected chi connectivity index (χ3v) is 3.20. The average molecular weight is 281 g/mol. The van der Waals surface area contributed by atoms with Crippen molar-refractivity contribution in [2.24, 2.45) is 10.9 Å². The van der Waals surface area contributed by atoms with Crippen molar-refractivity contribution in [1.82, 2.24) is 9.97 Å². The number of aliphatic imine (C=N–C) groups is 1. The van der Waals surface area contributed by atoms with Crippen LogP contribution in [0.2, 0.25) is 0 Å². The van der Waals surface area contributed by atoms with Crippen molar-refractivity contribution in [3.8, 4) is 0 Å². The molecule has 1 fully saturated rings. The molecule has 0 spiro atoms. The summed E-state index contributed by atoms with van der Waals surface area (Å²) in [6, 6.07) is 0. The fourth-order valence-electron chi connectivity index (χ4n) is 1.89. The Bertz CT molecular complexity index is 599. The summed E-state index contributed by atoms with van der Waals surface area (Å²) in [6.45, 7) is -0.292. The predicted octanol–water partition coefficient (Wildman–Crippen LogP) is -1.24. The third kappa shape index (κ3) is 2.83. The number of nitrogens with one attached hydrogen (secondary N) is 2. The minimum absolute atomic E-state index is 0.00783. The van der Waals surface area contributed by atoms with Crippen molar-refractivity contribution >= 4 is 30.1 Å². The van der Waals surface area contributed by atoms with Gasteiger partial charge in [0.05, 0.1) is 12.2 Å². The number of aliphatic hydroxyl groups excluding tert-OH is 1. The van der Waals surface area contributed by atoms with E-state index in [0.717, 1.165) is 0 Å². The van der Waals surface area contributed by atoms with Crippen LogP contribution in [-0.2, 0) is 4.79 Å². The topological polar surface area (TPSA) is 154 Å². The van der Waals surface area contributed by atoms with Gasteiger partial charge in [-0.05, 0) is 18.8 Å². The smallest absolute Gasteiger partial charge is 0.278 e. The molecule has 9 heteroatoms. The molecule has 9 nitrogen and oxygen atoms in total. The standard InChI is InChI=1S/C11H15N5O4/c12-10-15-8(7(14-5-18)9(19)16-10)13-2-1-6-3-11(6,20)4-17/h2,5-6,17,20H,1,3-4H2,(H,14,18)(H3,12,15,16,19)/t6?,11-/m1/s1. The quantitative estimate of drug-likeness (QED) is 0.324. The second-order valence-corrected chi connectivity index (χ2v) is 4.62. The number of aromatic amines is 1. The maximum absolute atomic E-state index is 11.6. The van der Waals surface area contributed by atoms with Crippen molar-refractivity contribution in [1.29, 1.82) is 0 Å². The van der Waals surface area contributed by atoms with Gasteiger partial charge in [-0.3, -0.25) is 14.6 Å². The lowest BCUT2D eigenvalue weighted by molar-refractivity contribution is -0.105. The first-order valence-electron chi connectivity index (χ1n) is 5.96. The van der Waals surface area contributed by atoms with Gasteiger partial charge < -0.3 is 21.3 Å². The molecule has 108 valence electrons. The van der Waals surface area contributed by atoms with E-state index in [1.807, 2.05) is 0 Å². The maximum Gasteiger partial charge on any atom is 0.278 e. The van der Waals surface area contributed by atoms with Crippen molar-refractivity contribution in [3.63, 3.8) is 0 Å². The van der Waals surface area contributed by atoms with E-state index in [-0.39, 0.29) is 30.0 Å². The molecule has 0 bridgehead atoms. The number of hydrogen-bond acceptors (Lipinski definition) is 7. The van der Waals surface area contributed by atoms with Gasteiger partial charge in [-0.1, -0.05) is 0 Å². The summed E-state index contributed by atoms with van der Waals surface area (Å²) >= 11 is 0. The second-order valence-electron chi connectivity index (χ2n) is 4.62. The number of aliphatic hydroxyl groups is 2. The highest BCUT2D eigenvalue weighted by Crippen LogP contribution is 2.44. The Hall–Kier alpha value is -2.26. The van der Waals surface area contributed by atoms with Crippen LogP contribution in [0, 0.1) is 5.92 Å². The lowest BCUT2D eigenvalue weighted by Gasteiger charge is -2.04. The number of nitrogens with two attached hydrogens (primary N) is 1. The summed E-state index contributed by atoms with van der Waals surface area (Å²) in [7, 11) is 0. The first kappa shape index (κ1) is 14.2. The van der Waals surface area contributed by atoms with Crippen molar-refractivity contribution in [2.45, 2.75) is 18.4 Å². The number of nitrogen functional groups attached to an aromatic ring is 1. The van der Waals surface area contributed by atoms with E-state index < -0.39 is 11.2 Å². The number of H-pyrrole nitrogens is 1. The number of carbonyl (C=O) groups is 1. The number of rotatable bonds is 6. The molecule has 0 aromatic carbocycles. The van der Waals surface area contributed by atoms with Crippen LogP contribution in [0.5, 0.6) is 0 Å². The van der Waals surface area contributed by atoms with Gasteiger partial charge in [-0.15, -0.1) is 0 Å². The molecular formula is C11H15N5O4. The van der Waals surface area contributed by atoms with Crippen LogP contribution in [0.4, 0.5) is 17.5 Å². The summed E-state index contributed by atoms with van der Waals surface area (Å²) in [5, 5.41) is 20.8. The Morgan fingerprint density at radius 3 is 3.00 bits per heavy atom. The lowest BCUT2D eigenvalue weighted by atomic mass is 10.2. The van der Waals surface area contributed by atoms with Gasteiger partial charge in [0.1, 0.15) is 0 Å². The van der Waals surface area contributed by atoms with Gasteiger partial charge >= 0.3 is 0 Å². The lowest BCUT2D eigenvalue weighted by Crippen LogP contribution is -2.17. The molecule has 0 saturated heterocycles. The van der Waals surface area contributed by atoms with Crippen LogP contribution in [0.15, 0.2) is 9.79 Å². The van der Waals surface area contributed by atoms with Crippen LogP contribution >= 0.6 is 0 Å². The van der Waals surface area contributed by atoms with E-state index in [1.165, 1.54) is 6.21 Å². The summed E-state index contributed by atoms with van der Waals surface area (Å²) in [6.07, 6.45) is 2.73. The minimum atomic E-state index is -1.03. The molecule has 1 aromatic heterocycles. The summed E-state index contributed by atoms with van der Waals surface area (Å²) < 4.78 is 0. The zero-order valence-corrected chi connectivity index (χ0v) is 10.5. The molecule has 1 amide bonds. The van der Waals surface area contributed by atoms with Crippen LogP contribution in [0.3, 0.4) is 0 Å². The van der Waals surface area contributed by atoms with Crippen molar-refractivity contribution in [3.05, 3.63) is 10.4 Å². The predicted molar refractivity (Wildman–Crippen MR) is 71.9 cm³/mol. The van der Waals surface area contributed by atoms with Gasteiger partial charge in [0, 0.05) is 6.21 Å². The summed E-state index contributed by atoms with van der Waals surface area (Å²) in [5.74, 6) is -0.193. The molecule has 1 saturated carbocycles. The number of aromatic nitrogens is 2. The molecule has 1 aliphatic carbocycles. The second kappa shape index (κ2) is 5.39. The molecular weight excluding hydrogens is 266 g/mol. The minimum Gasteiger partial charge on any atom is -0.393 e. The highest BCUT2D eigenvalue weighted by molar-refractivity contribution is 5.79. The molecule has 1 heterocycles. The van der Waals surface area contributed by atoms with Crippen molar-refractivity contribution < 1.29 is 15.0 Å². The van der Waals surface area contributed by atoms with E-state index in [2.05, 4.69) is 20.3 Å². The van der Waals surface area contributed by atoms with Crippen LogP contribution in [0.1, 0.15) is 12.8 Å². The SMILES string of the molecule is Nc1nc(N=CCC2C[C@@]2(O)CO)c(NC=O)c(=O)[nH]1. The molecule has 1 aromatic rings. The third-order valence-electron chi connectivity index (χ3n) is 3.20. The maximum atomic E-state index is 11.6. The fourth-order valence-corrected chi connectivity index (χ4v) is 1.89. The Morgan fingerprint density at radius 1 is 1.65 bits per heavy atom. The normalized spacial score (nSPS) is 24.8. The molecule has 2 rings (SSSR count). The Kier molecular flexibility index (Phi) is 3.81. The first-order chi connectivity index (χ1) is 9.50. The number of anilines is 2. The van der Waals surface area contributed by atoms with Gasteiger partial charge in [0.2, 0.25) is 12.4 Å². The molecule has 20 heavy (non-hydrogen) atoms. The molecule has 6 N–H and O–H groups in total. The van der Waals surface area contributed by atoms with Gasteiger partial charge in [0.15, 0.2) is 11.5 Å². The molecule has 1 aliphatic rings. The highest BCUT2D eigenvalue weighted by atomic mass is 16.3. The Balaban J connectivity index is 2.12. The molecule has 2 atom stereocenters. The molecule has 1 unspecified atom stereocenters. The van der Waals surface area contributed by atoms with Gasteiger partial charge in [-0.2, -0.15) is 4.98 Å². The number of amides is 1. The monoisotopic (exact) mass is 281 g/mol. The average Bonchev–Trinajstić information content (AvgIpc) is 3.05. The molecule has 0 aliphatic heterocycles. The number of carbonyl (C=O) groups excluding carboxylic acids is 1. The largest absolute Gasteiger partial charge is 0.393 e. The van der Waals surface area contributed by atoms with E-state index in [0.29, 0.717) is 19.3 Å². The van der Waals surface area contributed by atoms with E-state index in [4.69, 9.17) is 10.8 Å².